The van der Waals surface area contributed by atoms with Crippen molar-refractivity contribution >= 4 is 16.9 Å². The maximum atomic E-state index is 13.5. The van der Waals surface area contributed by atoms with E-state index >= 15 is 0 Å². The smallest absolute Gasteiger partial charge is 0.157 e. The minimum atomic E-state index is -0.0978. The van der Waals surface area contributed by atoms with E-state index < -0.39 is 0 Å². The molecule has 1 aliphatic heterocycles. The number of halogens is 1. The van der Waals surface area contributed by atoms with Crippen LogP contribution in [0.1, 0.15) is 36.5 Å². The van der Waals surface area contributed by atoms with Gasteiger partial charge in [0.05, 0.1) is 6.54 Å². The standard InChI is InChI=1S/C15H21FN2S/c1-4-5-13-9-18-15(19-13)17-8-12-6-10(2)14(16)11(3)7-12/h6-7,13H,4-5,8-9H2,1-3H3,(H,17,18). The SMILES string of the molecule is CCCC1CN=C(NCc2cc(C)c(F)c(C)c2)S1. The number of rotatable bonds is 4. The Morgan fingerprint density at radius 2 is 2.05 bits per heavy atom. The molecule has 1 N–H and O–H groups in total. The van der Waals surface area contributed by atoms with Crippen molar-refractivity contribution in [2.24, 2.45) is 4.99 Å². The van der Waals surface area contributed by atoms with Crippen molar-refractivity contribution in [3.63, 3.8) is 0 Å². The summed E-state index contributed by atoms with van der Waals surface area (Å²) in [6.45, 7) is 7.46. The van der Waals surface area contributed by atoms with Crippen LogP contribution in [0.4, 0.5) is 4.39 Å². The van der Waals surface area contributed by atoms with Gasteiger partial charge in [-0.25, -0.2) is 4.39 Å². The molecule has 104 valence electrons. The van der Waals surface area contributed by atoms with E-state index in [2.05, 4.69) is 17.2 Å². The molecule has 0 spiro atoms. The van der Waals surface area contributed by atoms with Gasteiger partial charge in [0.2, 0.25) is 0 Å². The minimum absolute atomic E-state index is 0.0978. The molecule has 0 saturated carbocycles. The summed E-state index contributed by atoms with van der Waals surface area (Å²) in [6, 6.07) is 3.80. The summed E-state index contributed by atoms with van der Waals surface area (Å²) in [7, 11) is 0. The molecule has 0 amide bonds. The molecule has 1 aliphatic rings. The van der Waals surface area contributed by atoms with E-state index in [0.717, 1.165) is 17.3 Å². The van der Waals surface area contributed by atoms with Crippen LogP contribution in [0.5, 0.6) is 0 Å². The van der Waals surface area contributed by atoms with E-state index in [-0.39, 0.29) is 5.82 Å². The highest BCUT2D eigenvalue weighted by atomic mass is 32.2. The van der Waals surface area contributed by atoms with Gasteiger partial charge in [-0.3, -0.25) is 4.99 Å². The van der Waals surface area contributed by atoms with Gasteiger partial charge in [0.15, 0.2) is 5.17 Å². The summed E-state index contributed by atoms with van der Waals surface area (Å²) in [5.74, 6) is -0.0978. The van der Waals surface area contributed by atoms with Gasteiger partial charge < -0.3 is 5.32 Å². The Balaban J connectivity index is 1.90. The van der Waals surface area contributed by atoms with E-state index in [0.29, 0.717) is 22.9 Å². The summed E-state index contributed by atoms with van der Waals surface area (Å²) < 4.78 is 13.5. The van der Waals surface area contributed by atoms with Crippen molar-refractivity contribution in [3.05, 3.63) is 34.6 Å². The Labute approximate surface area is 118 Å². The maximum absolute atomic E-state index is 13.5. The molecule has 0 saturated heterocycles. The van der Waals surface area contributed by atoms with Gasteiger partial charge in [-0.1, -0.05) is 37.2 Å². The van der Waals surface area contributed by atoms with E-state index in [9.17, 15) is 4.39 Å². The molecule has 1 heterocycles. The van der Waals surface area contributed by atoms with Gasteiger partial charge in [0, 0.05) is 11.8 Å². The topological polar surface area (TPSA) is 24.4 Å². The van der Waals surface area contributed by atoms with E-state index in [1.54, 1.807) is 0 Å². The third-order valence-electron chi connectivity index (χ3n) is 3.27. The number of thioether (sulfide) groups is 1. The molecular formula is C15H21FN2S. The summed E-state index contributed by atoms with van der Waals surface area (Å²) in [4.78, 5) is 4.51. The van der Waals surface area contributed by atoms with Crippen LogP contribution < -0.4 is 5.32 Å². The van der Waals surface area contributed by atoms with Crippen LogP contribution in [0.3, 0.4) is 0 Å². The highest BCUT2D eigenvalue weighted by Gasteiger charge is 2.18. The quantitative estimate of drug-likeness (QED) is 0.907. The average molecular weight is 280 g/mol. The zero-order chi connectivity index (χ0) is 13.8. The van der Waals surface area contributed by atoms with Crippen molar-refractivity contribution in [2.45, 2.75) is 45.4 Å². The predicted octanol–water partition coefficient (Wildman–Crippen LogP) is 3.80. The Hall–Kier alpha value is -1.03. The van der Waals surface area contributed by atoms with Crippen LogP contribution in [0.25, 0.3) is 0 Å². The Bertz CT molecular complexity index is 462. The first-order valence-electron chi connectivity index (χ1n) is 6.80. The number of amidine groups is 1. The summed E-state index contributed by atoms with van der Waals surface area (Å²) in [5, 5.41) is 5.01. The van der Waals surface area contributed by atoms with Crippen molar-refractivity contribution < 1.29 is 4.39 Å². The normalized spacial score (nSPS) is 18.5. The lowest BCUT2D eigenvalue weighted by atomic mass is 10.1. The molecule has 19 heavy (non-hydrogen) atoms. The second kappa shape index (κ2) is 6.42. The number of hydrogen-bond acceptors (Lipinski definition) is 3. The number of benzene rings is 1. The van der Waals surface area contributed by atoms with Crippen LogP contribution in [0, 0.1) is 19.7 Å². The molecule has 1 unspecified atom stereocenters. The molecule has 2 nitrogen and oxygen atoms in total. The predicted molar refractivity (Wildman–Crippen MR) is 81.3 cm³/mol. The summed E-state index contributed by atoms with van der Waals surface area (Å²) >= 11 is 1.83. The van der Waals surface area contributed by atoms with E-state index in [1.807, 2.05) is 37.7 Å². The third-order valence-corrected chi connectivity index (χ3v) is 4.48. The fourth-order valence-corrected chi connectivity index (χ4v) is 3.43. The Morgan fingerprint density at radius 1 is 1.37 bits per heavy atom. The molecule has 2 rings (SSSR count). The second-order valence-corrected chi connectivity index (χ2v) is 6.36. The maximum Gasteiger partial charge on any atom is 0.157 e. The number of nitrogens with one attached hydrogen (secondary N) is 1. The molecular weight excluding hydrogens is 259 g/mol. The van der Waals surface area contributed by atoms with Crippen molar-refractivity contribution in [3.8, 4) is 0 Å². The molecule has 1 atom stereocenters. The number of aryl methyl sites for hydroxylation is 2. The van der Waals surface area contributed by atoms with Crippen molar-refractivity contribution in [1.82, 2.24) is 5.32 Å². The third kappa shape index (κ3) is 3.72. The van der Waals surface area contributed by atoms with Crippen LogP contribution in [0.2, 0.25) is 0 Å². The van der Waals surface area contributed by atoms with Crippen LogP contribution in [0.15, 0.2) is 17.1 Å². The Morgan fingerprint density at radius 3 is 2.68 bits per heavy atom. The van der Waals surface area contributed by atoms with Crippen LogP contribution in [-0.4, -0.2) is 17.0 Å². The van der Waals surface area contributed by atoms with Crippen molar-refractivity contribution in [2.75, 3.05) is 6.54 Å². The largest absolute Gasteiger partial charge is 0.361 e. The number of aliphatic imine (C=N–C) groups is 1. The van der Waals surface area contributed by atoms with Crippen molar-refractivity contribution in [1.29, 1.82) is 0 Å². The lowest BCUT2D eigenvalue weighted by Gasteiger charge is -2.10. The lowest BCUT2D eigenvalue weighted by Crippen LogP contribution is -2.19. The molecule has 0 radical (unpaired) electrons. The fraction of sp³-hybridized carbons (Fsp3) is 0.533. The first-order valence-corrected chi connectivity index (χ1v) is 7.68. The van der Waals surface area contributed by atoms with Gasteiger partial charge >= 0.3 is 0 Å². The van der Waals surface area contributed by atoms with Gasteiger partial charge in [-0.05, 0) is 37.0 Å². The first-order chi connectivity index (χ1) is 9.10. The van der Waals surface area contributed by atoms with E-state index in [1.165, 1.54) is 12.8 Å². The molecule has 0 bridgehead atoms. The molecule has 1 aromatic rings. The highest BCUT2D eigenvalue weighted by molar-refractivity contribution is 8.14. The summed E-state index contributed by atoms with van der Waals surface area (Å²) in [5.41, 5.74) is 2.53. The Kier molecular flexibility index (Phi) is 4.86. The van der Waals surface area contributed by atoms with Gasteiger partial charge in [0.25, 0.3) is 0 Å². The zero-order valence-corrected chi connectivity index (χ0v) is 12.6. The average Bonchev–Trinajstić information content (AvgIpc) is 2.81. The zero-order valence-electron chi connectivity index (χ0n) is 11.8. The molecule has 0 fully saturated rings. The van der Waals surface area contributed by atoms with Crippen LogP contribution in [-0.2, 0) is 6.54 Å². The molecule has 0 aliphatic carbocycles. The van der Waals surface area contributed by atoms with E-state index in [4.69, 9.17) is 0 Å². The molecule has 1 aromatic carbocycles. The summed E-state index contributed by atoms with van der Waals surface area (Å²) in [6.07, 6.45) is 2.42. The lowest BCUT2D eigenvalue weighted by molar-refractivity contribution is 0.608. The first kappa shape index (κ1) is 14.4. The fourth-order valence-electron chi connectivity index (χ4n) is 2.30. The molecule has 4 heteroatoms. The second-order valence-electron chi connectivity index (χ2n) is 5.07. The van der Waals surface area contributed by atoms with Gasteiger partial charge in [0.1, 0.15) is 5.82 Å². The minimum Gasteiger partial charge on any atom is -0.361 e. The molecule has 0 aromatic heterocycles. The van der Waals surface area contributed by atoms with Crippen LogP contribution >= 0.6 is 11.8 Å². The van der Waals surface area contributed by atoms with Gasteiger partial charge in [-0.15, -0.1) is 0 Å². The number of nitrogens with zero attached hydrogens (tertiary/aromatic N) is 1. The van der Waals surface area contributed by atoms with Gasteiger partial charge in [-0.2, -0.15) is 0 Å². The highest BCUT2D eigenvalue weighted by Crippen LogP contribution is 2.24. The number of hydrogen-bond donors (Lipinski definition) is 1. The monoisotopic (exact) mass is 280 g/mol.